The van der Waals surface area contributed by atoms with Gasteiger partial charge in [-0.25, -0.2) is 4.79 Å². The summed E-state index contributed by atoms with van der Waals surface area (Å²) in [7, 11) is 0. The third-order valence-electron chi connectivity index (χ3n) is 3.95. The lowest BCUT2D eigenvalue weighted by Gasteiger charge is -2.32. The van der Waals surface area contributed by atoms with Crippen molar-refractivity contribution in [1.29, 1.82) is 0 Å². The second kappa shape index (κ2) is 8.74. The molecule has 0 bridgehead atoms. The number of nitrogens with zero attached hydrogens (tertiary/aromatic N) is 1. The summed E-state index contributed by atoms with van der Waals surface area (Å²) in [6, 6.07) is 7.80. The standard InChI is InChI=1S/C17H26N2O4/c1-3-22-17(21)19-9-7-18(8-10-19)12-15(20)13-23-16-6-4-5-14(2)11-16/h4-6,11,15,20H,3,7-10,12-13H2,1-2H3/p+1/t15-/m0/s1. The van der Waals surface area contributed by atoms with Crippen molar-refractivity contribution in [3.05, 3.63) is 29.8 Å². The molecule has 1 atom stereocenters. The molecule has 1 amide bonds. The van der Waals surface area contributed by atoms with E-state index >= 15 is 0 Å². The first-order valence-electron chi connectivity index (χ1n) is 8.21. The molecular weight excluding hydrogens is 296 g/mol. The second-order valence-corrected chi connectivity index (χ2v) is 5.92. The number of amides is 1. The zero-order valence-corrected chi connectivity index (χ0v) is 14.0. The predicted octanol–water partition coefficient (Wildman–Crippen LogP) is 0.0917. The van der Waals surface area contributed by atoms with Crippen molar-refractivity contribution in [3.8, 4) is 5.75 Å². The number of benzene rings is 1. The van der Waals surface area contributed by atoms with Crippen LogP contribution in [0.25, 0.3) is 0 Å². The van der Waals surface area contributed by atoms with Crippen LogP contribution in [0.4, 0.5) is 4.79 Å². The average Bonchev–Trinajstić information content (AvgIpc) is 2.54. The van der Waals surface area contributed by atoms with Crippen LogP contribution in [0.3, 0.4) is 0 Å². The van der Waals surface area contributed by atoms with Crippen molar-refractivity contribution in [3.63, 3.8) is 0 Å². The van der Waals surface area contributed by atoms with Gasteiger partial charge in [-0.1, -0.05) is 12.1 Å². The number of nitrogens with one attached hydrogen (secondary N) is 1. The van der Waals surface area contributed by atoms with Gasteiger partial charge in [0, 0.05) is 0 Å². The number of aliphatic hydroxyl groups excluding tert-OH is 1. The zero-order chi connectivity index (χ0) is 16.7. The molecule has 0 aromatic heterocycles. The molecule has 128 valence electrons. The van der Waals surface area contributed by atoms with Crippen molar-refractivity contribution in [1.82, 2.24) is 4.90 Å². The highest BCUT2D eigenvalue weighted by atomic mass is 16.6. The van der Waals surface area contributed by atoms with Crippen LogP contribution in [0.2, 0.25) is 0 Å². The monoisotopic (exact) mass is 323 g/mol. The van der Waals surface area contributed by atoms with Gasteiger partial charge in [0.15, 0.2) is 0 Å². The Hall–Kier alpha value is -1.79. The normalized spacial score (nSPS) is 16.9. The Kier molecular flexibility index (Phi) is 6.67. The fraction of sp³-hybridized carbons (Fsp3) is 0.588. The maximum absolute atomic E-state index is 11.6. The molecule has 0 aliphatic carbocycles. The molecule has 1 aliphatic rings. The van der Waals surface area contributed by atoms with Crippen molar-refractivity contribution in [2.24, 2.45) is 0 Å². The second-order valence-electron chi connectivity index (χ2n) is 5.92. The van der Waals surface area contributed by atoms with E-state index in [1.807, 2.05) is 38.1 Å². The summed E-state index contributed by atoms with van der Waals surface area (Å²) in [5, 5.41) is 10.1. The lowest BCUT2D eigenvalue weighted by molar-refractivity contribution is -0.907. The Morgan fingerprint density at radius 1 is 1.39 bits per heavy atom. The number of aryl methyl sites for hydroxylation is 1. The molecule has 1 aromatic carbocycles. The smallest absolute Gasteiger partial charge is 0.410 e. The number of quaternary nitrogens is 1. The Balaban J connectivity index is 1.68. The highest BCUT2D eigenvalue weighted by Gasteiger charge is 2.26. The van der Waals surface area contributed by atoms with Crippen LogP contribution in [-0.4, -0.2) is 68.1 Å². The number of carbonyl (C=O) groups is 1. The number of hydrogen-bond acceptors (Lipinski definition) is 4. The van der Waals surface area contributed by atoms with Gasteiger partial charge in [-0.05, 0) is 31.5 Å². The van der Waals surface area contributed by atoms with Crippen molar-refractivity contribution < 1.29 is 24.3 Å². The summed E-state index contributed by atoms with van der Waals surface area (Å²) < 4.78 is 10.6. The first-order chi connectivity index (χ1) is 11.1. The number of ether oxygens (including phenoxy) is 2. The van der Waals surface area contributed by atoms with Crippen LogP contribution in [0.1, 0.15) is 12.5 Å². The molecule has 6 heteroatoms. The molecule has 1 aromatic rings. The minimum Gasteiger partial charge on any atom is -0.491 e. The molecule has 1 fully saturated rings. The fourth-order valence-electron chi connectivity index (χ4n) is 2.71. The van der Waals surface area contributed by atoms with E-state index in [9.17, 15) is 9.90 Å². The van der Waals surface area contributed by atoms with E-state index in [1.165, 1.54) is 4.90 Å². The lowest BCUT2D eigenvalue weighted by Crippen LogP contribution is -3.16. The van der Waals surface area contributed by atoms with E-state index in [2.05, 4.69) is 0 Å². The van der Waals surface area contributed by atoms with E-state index in [4.69, 9.17) is 9.47 Å². The van der Waals surface area contributed by atoms with E-state index < -0.39 is 6.10 Å². The number of aliphatic hydroxyl groups is 1. The molecule has 1 saturated heterocycles. The number of piperazine rings is 1. The number of hydrogen-bond donors (Lipinski definition) is 2. The Morgan fingerprint density at radius 2 is 2.13 bits per heavy atom. The third kappa shape index (κ3) is 5.73. The SMILES string of the molecule is CCOC(=O)N1CC[NH+](C[C@H](O)COc2cccc(C)c2)CC1. The van der Waals surface area contributed by atoms with Gasteiger partial charge < -0.3 is 19.5 Å². The zero-order valence-electron chi connectivity index (χ0n) is 14.0. The van der Waals surface area contributed by atoms with Gasteiger partial charge in [0.25, 0.3) is 0 Å². The van der Waals surface area contributed by atoms with E-state index in [0.29, 0.717) is 26.2 Å². The summed E-state index contributed by atoms with van der Waals surface area (Å²) in [5.74, 6) is 0.784. The van der Waals surface area contributed by atoms with Crippen LogP contribution in [0.5, 0.6) is 5.75 Å². The van der Waals surface area contributed by atoms with Crippen LogP contribution in [0.15, 0.2) is 24.3 Å². The van der Waals surface area contributed by atoms with E-state index in [-0.39, 0.29) is 12.7 Å². The largest absolute Gasteiger partial charge is 0.491 e. The van der Waals surface area contributed by atoms with Gasteiger partial charge in [-0.2, -0.15) is 0 Å². The Morgan fingerprint density at radius 3 is 2.78 bits per heavy atom. The van der Waals surface area contributed by atoms with Gasteiger partial charge in [0.2, 0.25) is 0 Å². The summed E-state index contributed by atoms with van der Waals surface area (Å²) in [4.78, 5) is 14.6. The molecule has 0 radical (unpaired) electrons. The molecule has 2 rings (SSSR count). The Labute approximate surface area is 137 Å². The quantitative estimate of drug-likeness (QED) is 0.779. The summed E-state index contributed by atoms with van der Waals surface area (Å²) in [6.45, 7) is 8.11. The van der Waals surface area contributed by atoms with Crippen molar-refractivity contribution >= 4 is 6.09 Å². The molecule has 0 unspecified atom stereocenters. The van der Waals surface area contributed by atoms with Crippen LogP contribution in [-0.2, 0) is 4.74 Å². The molecule has 6 nitrogen and oxygen atoms in total. The van der Waals surface area contributed by atoms with Gasteiger partial charge >= 0.3 is 6.09 Å². The molecule has 0 spiro atoms. The van der Waals surface area contributed by atoms with E-state index in [1.54, 1.807) is 4.90 Å². The first-order valence-corrected chi connectivity index (χ1v) is 8.21. The minimum atomic E-state index is -0.514. The average molecular weight is 323 g/mol. The maximum atomic E-state index is 11.6. The Bertz CT molecular complexity index is 501. The molecule has 2 N–H and O–H groups in total. The molecule has 0 saturated carbocycles. The summed E-state index contributed by atoms with van der Waals surface area (Å²) >= 11 is 0. The van der Waals surface area contributed by atoms with E-state index in [0.717, 1.165) is 24.4 Å². The van der Waals surface area contributed by atoms with Crippen LogP contribution >= 0.6 is 0 Å². The van der Waals surface area contributed by atoms with Gasteiger partial charge in [0.05, 0.1) is 32.8 Å². The molecule has 1 aliphatic heterocycles. The summed E-state index contributed by atoms with van der Waals surface area (Å²) in [6.07, 6.45) is -0.755. The number of rotatable bonds is 6. The lowest BCUT2D eigenvalue weighted by atomic mass is 10.2. The highest BCUT2D eigenvalue weighted by molar-refractivity contribution is 5.67. The third-order valence-corrected chi connectivity index (χ3v) is 3.95. The fourth-order valence-corrected chi connectivity index (χ4v) is 2.71. The minimum absolute atomic E-state index is 0.241. The van der Waals surface area contributed by atoms with Crippen LogP contribution in [0, 0.1) is 6.92 Å². The van der Waals surface area contributed by atoms with Crippen molar-refractivity contribution in [2.75, 3.05) is 45.9 Å². The maximum Gasteiger partial charge on any atom is 0.410 e. The number of carbonyl (C=O) groups excluding carboxylic acids is 1. The molecule has 23 heavy (non-hydrogen) atoms. The predicted molar refractivity (Wildman–Crippen MR) is 86.8 cm³/mol. The summed E-state index contributed by atoms with van der Waals surface area (Å²) in [5.41, 5.74) is 1.14. The van der Waals surface area contributed by atoms with Crippen molar-refractivity contribution in [2.45, 2.75) is 20.0 Å². The van der Waals surface area contributed by atoms with Crippen LogP contribution < -0.4 is 9.64 Å². The molecule has 1 heterocycles. The van der Waals surface area contributed by atoms with Gasteiger partial charge in [0.1, 0.15) is 25.0 Å². The van der Waals surface area contributed by atoms with Gasteiger partial charge in [-0.15, -0.1) is 0 Å². The first kappa shape index (κ1) is 17.6. The topological polar surface area (TPSA) is 63.4 Å². The molecular formula is C17H27N2O4+. The van der Waals surface area contributed by atoms with Gasteiger partial charge in [-0.3, -0.25) is 4.90 Å². The highest BCUT2D eigenvalue weighted by Crippen LogP contribution is 2.12.